The Morgan fingerprint density at radius 2 is 1.90 bits per heavy atom. The van der Waals surface area contributed by atoms with Crippen molar-refractivity contribution in [1.82, 2.24) is 14.9 Å². The number of hydrogen-bond acceptors (Lipinski definition) is 3. The number of benzene rings is 1. The topological polar surface area (TPSA) is 69.0 Å². The number of piperidine rings is 1. The minimum absolute atomic E-state index is 0.396. The second-order valence-corrected chi connectivity index (χ2v) is 6.16. The molecular weight excluding hydrogens is 266 g/mol. The molecule has 1 aromatic heterocycles. The summed E-state index contributed by atoms with van der Waals surface area (Å²) in [5, 5.41) is 0. The van der Waals surface area contributed by atoms with Crippen molar-refractivity contribution in [2.45, 2.75) is 32.6 Å². The molecule has 5 nitrogen and oxygen atoms in total. The number of hydrogen-bond donors (Lipinski definition) is 2. The predicted octanol–water partition coefficient (Wildman–Crippen LogP) is 1.64. The van der Waals surface area contributed by atoms with Gasteiger partial charge in [0.25, 0.3) is 0 Å². The summed E-state index contributed by atoms with van der Waals surface area (Å²) in [5.74, 6) is 0.396. The van der Waals surface area contributed by atoms with Crippen molar-refractivity contribution in [2.24, 2.45) is 0 Å². The van der Waals surface area contributed by atoms with E-state index in [1.807, 2.05) is 13.0 Å². The van der Waals surface area contributed by atoms with Crippen LogP contribution in [0.2, 0.25) is 0 Å². The highest BCUT2D eigenvalue weighted by Crippen LogP contribution is 2.33. The van der Waals surface area contributed by atoms with Gasteiger partial charge < -0.3 is 14.9 Å². The van der Waals surface area contributed by atoms with Gasteiger partial charge in [-0.3, -0.25) is 9.59 Å². The van der Waals surface area contributed by atoms with Crippen LogP contribution >= 0.6 is 0 Å². The van der Waals surface area contributed by atoms with Crippen molar-refractivity contribution in [2.75, 3.05) is 20.1 Å². The lowest BCUT2D eigenvalue weighted by molar-refractivity contribution is 0.251. The van der Waals surface area contributed by atoms with Crippen molar-refractivity contribution in [1.29, 1.82) is 0 Å². The molecular formula is C16H21N3O2. The number of nitrogens with zero attached hydrogens (tertiary/aromatic N) is 1. The van der Waals surface area contributed by atoms with Crippen LogP contribution in [0.5, 0.6) is 0 Å². The molecule has 1 unspecified atom stereocenters. The molecule has 1 aliphatic heterocycles. The van der Waals surface area contributed by atoms with Gasteiger partial charge in [0.2, 0.25) is 0 Å². The second kappa shape index (κ2) is 5.15. The Morgan fingerprint density at radius 1 is 1.19 bits per heavy atom. The third-order valence-electron chi connectivity index (χ3n) is 4.62. The van der Waals surface area contributed by atoms with Gasteiger partial charge in [0, 0.05) is 6.54 Å². The maximum atomic E-state index is 11.7. The summed E-state index contributed by atoms with van der Waals surface area (Å²) in [6, 6.07) is 1.94. The fourth-order valence-corrected chi connectivity index (χ4v) is 3.44. The second-order valence-electron chi connectivity index (χ2n) is 6.16. The normalized spacial score (nSPS) is 20.0. The lowest BCUT2D eigenvalue weighted by Crippen LogP contribution is -2.33. The zero-order chi connectivity index (χ0) is 15.1. The minimum Gasteiger partial charge on any atom is -0.316 e. The van der Waals surface area contributed by atoms with Crippen LogP contribution in [0.3, 0.4) is 0 Å². The van der Waals surface area contributed by atoms with E-state index < -0.39 is 11.1 Å². The molecule has 21 heavy (non-hydrogen) atoms. The van der Waals surface area contributed by atoms with Crippen molar-refractivity contribution in [3.05, 3.63) is 43.5 Å². The highest BCUT2D eigenvalue weighted by atomic mass is 16.2. The zero-order valence-electron chi connectivity index (χ0n) is 12.7. The summed E-state index contributed by atoms with van der Waals surface area (Å²) < 4.78 is 0. The van der Waals surface area contributed by atoms with Gasteiger partial charge in [-0.05, 0) is 69.0 Å². The lowest BCUT2D eigenvalue weighted by Gasteiger charge is -2.31. The number of aromatic amines is 2. The average molecular weight is 287 g/mol. The third-order valence-corrected chi connectivity index (χ3v) is 4.62. The molecule has 2 heterocycles. The van der Waals surface area contributed by atoms with E-state index in [0.29, 0.717) is 5.92 Å². The number of fused-ring (bicyclic) bond motifs is 1. The van der Waals surface area contributed by atoms with Crippen LogP contribution in [0.1, 0.15) is 35.4 Å². The summed E-state index contributed by atoms with van der Waals surface area (Å²) in [6.07, 6.45) is 2.27. The maximum absolute atomic E-state index is 11.7. The average Bonchev–Trinajstić information content (AvgIpc) is 2.43. The zero-order valence-corrected chi connectivity index (χ0v) is 12.7. The van der Waals surface area contributed by atoms with Crippen LogP contribution in [0.25, 0.3) is 11.0 Å². The fraction of sp³-hybridized carbons (Fsp3) is 0.500. The summed E-state index contributed by atoms with van der Waals surface area (Å²) in [4.78, 5) is 31.1. The van der Waals surface area contributed by atoms with Gasteiger partial charge in [0.1, 0.15) is 0 Å². The molecule has 0 saturated carbocycles. The Kier molecular flexibility index (Phi) is 3.45. The number of H-pyrrole nitrogens is 2. The Morgan fingerprint density at radius 3 is 2.62 bits per heavy atom. The smallest absolute Gasteiger partial charge is 0.314 e. The number of aryl methyl sites for hydroxylation is 1. The molecule has 5 heteroatoms. The lowest BCUT2D eigenvalue weighted by atomic mass is 9.85. The van der Waals surface area contributed by atoms with E-state index in [1.165, 1.54) is 11.1 Å². The van der Waals surface area contributed by atoms with Crippen LogP contribution in [0.4, 0.5) is 0 Å². The van der Waals surface area contributed by atoms with E-state index in [0.717, 1.165) is 42.5 Å². The summed E-state index contributed by atoms with van der Waals surface area (Å²) >= 11 is 0. The minimum atomic E-state index is -0.586. The number of likely N-dealkylation sites (tertiary alicyclic amines) is 1. The number of likely N-dealkylation sites (N-methyl/N-ethyl adjacent to an activating group) is 1. The van der Waals surface area contributed by atoms with Crippen molar-refractivity contribution in [3.63, 3.8) is 0 Å². The summed E-state index contributed by atoms with van der Waals surface area (Å²) in [7, 11) is 2.13. The molecule has 1 aliphatic rings. The molecule has 0 spiro atoms. The van der Waals surface area contributed by atoms with Gasteiger partial charge in [0.15, 0.2) is 0 Å². The van der Waals surface area contributed by atoms with E-state index >= 15 is 0 Å². The molecule has 0 aliphatic carbocycles. The van der Waals surface area contributed by atoms with E-state index in [1.54, 1.807) is 0 Å². The van der Waals surface area contributed by atoms with Gasteiger partial charge in [-0.1, -0.05) is 0 Å². The van der Waals surface area contributed by atoms with E-state index in [9.17, 15) is 9.59 Å². The van der Waals surface area contributed by atoms with E-state index in [4.69, 9.17) is 0 Å². The molecule has 2 N–H and O–H groups in total. The van der Waals surface area contributed by atoms with Crippen LogP contribution in [0.15, 0.2) is 15.7 Å². The Bertz CT molecular complexity index is 803. The first-order valence-electron chi connectivity index (χ1n) is 7.42. The highest BCUT2D eigenvalue weighted by molar-refractivity contribution is 5.81. The van der Waals surface area contributed by atoms with Crippen LogP contribution in [-0.2, 0) is 0 Å². The standard InChI is InChI=1S/C16H21N3O2/c1-9-7-12-14(18-16(21)15(20)17-12)13(10(9)2)11-5-4-6-19(3)8-11/h7,11H,4-6,8H2,1-3H3,(H,17,20)(H,18,21). The molecule has 1 aromatic carbocycles. The van der Waals surface area contributed by atoms with Crippen LogP contribution in [0, 0.1) is 13.8 Å². The Balaban J connectivity index is 2.28. The van der Waals surface area contributed by atoms with Gasteiger partial charge in [-0.2, -0.15) is 0 Å². The predicted molar refractivity (Wildman–Crippen MR) is 84.1 cm³/mol. The van der Waals surface area contributed by atoms with Gasteiger partial charge in [0.05, 0.1) is 11.0 Å². The number of nitrogens with one attached hydrogen (secondary N) is 2. The van der Waals surface area contributed by atoms with Crippen molar-refractivity contribution < 1.29 is 0 Å². The van der Waals surface area contributed by atoms with E-state index in [2.05, 4.69) is 28.8 Å². The van der Waals surface area contributed by atoms with Crippen molar-refractivity contribution in [3.8, 4) is 0 Å². The Labute approximate surface area is 123 Å². The van der Waals surface area contributed by atoms with Gasteiger partial charge in [-0.15, -0.1) is 0 Å². The number of aromatic nitrogens is 2. The molecule has 1 atom stereocenters. The molecule has 1 saturated heterocycles. The molecule has 112 valence electrons. The SMILES string of the molecule is Cc1cc2[nH]c(=O)c(=O)[nH]c2c(C2CCCN(C)C2)c1C. The fourth-order valence-electron chi connectivity index (χ4n) is 3.44. The quantitative estimate of drug-likeness (QED) is 0.783. The van der Waals surface area contributed by atoms with Gasteiger partial charge in [-0.25, -0.2) is 0 Å². The van der Waals surface area contributed by atoms with Crippen LogP contribution in [-0.4, -0.2) is 35.0 Å². The highest BCUT2D eigenvalue weighted by Gasteiger charge is 2.24. The van der Waals surface area contributed by atoms with Crippen molar-refractivity contribution >= 4 is 11.0 Å². The molecule has 0 bridgehead atoms. The maximum Gasteiger partial charge on any atom is 0.314 e. The first-order chi connectivity index (χ1) is 9.97. The first-order valence-corrected chi connectivity index (χ1v) is 7.42. The molecule has 0 radical (unpaired) electrons. The molecule has 2 aromatic rings. The van der Waals surface area contributed by atoms with Crippen LogP contribution < -0.4 is 11.1 Å². The largest absolute Gasteiger partial charge is 0.316 e. The summed E-state index contributed by atoms with van der Waals surface area (Å²) in [5.41, 5.74) is 3.91. The molecule has 0 amide bonds. The molecule has 3 rings (SSSR count). The number of rotatable bonds is 1. The monoisotopic (exact) mass is 287 g/mol. The Hall–Kier alpha value is -1.88. The van der Waals surface area contributed by atoms with E-state index in [-0.39, 0.29) is 0 Å². The first kappa shape index (κ1) is 14.1. The van der Waals surface area contributed by atoms with Gasteiger partial charge >= 0.3 is 11.1 Å². The summed E-state index contributed by atoms with van der Waals surface area (Å²) in [6.45, 7) is 6.25. The third kappa shape index (κ3) is 2.42. The molecule has 1 fully saturated rings.